The van der Waals surface area contributed by atoms with Crippen LogP contribution in [-0.2, 0) is 22.8 Å². The average molecular weight is 1290 g/mol. The van der Waals surface area contributed by atoms with E-state index >= 15 is 0 Å². The molecule has 2 aromatic rings. The topological polar surface area (TPSA) is 203 Å². The molecule has 19 heteroatoms. The molecule has 0 aromatic heterocycles. The summed E-state index contributed by atoms with van der Waals surface area (Å²) in [4.78, 5) is 43.7. The van der Waals surface area contributed by atoms with Gasteiger partial charge in [0.1, 0.15) is 13.2 Å². The summed E-state index contributed by atoms with van der Waals surface area (Å²) in [5, 5.41) is 69.4. The number of benzene rings is 2. The van der Waals surface area contributed by atoms with E-state index < -0.39 is 64.0 Å². The molecular weight excluding hydrogens is 1260 g/mol. The Balaban J connectivity index is 3.06. The van der Waals surface area contributed by atoms with Crippen molar-refractivity contribution in [3.63, 3.8) is 0 Å². The summed E-state index contributed by atoms with van der Waals surface area (Å²) in [6, 6.07) is 0. The van der Waals surface area contributed by atoms with Crippen LogP contribution in [0, 0.1) is 21.4 Å². The lowest BCUT2D eigenvalue weighted by Gasteiger charge is -2.32. The zero-order chi connectivity index (χ0) is 33.5. The molecule has 0 aliphatic carbocycles. The quantitative estimate of drug-likeness (QED) is 0.136. The van der Waals surface area contributed by atoms with Crippen molar-refractivity contribution < 1.29 is 50.1 Å². The third-order valence-electron chi connectivity index (χ3n) is 6.17. The fourth-order valence-corrected chi connectivity index (χ4v) is 13.4. The van der Waals surface area contributed by atoms with Crippen molar-refractivity contribution in [1.29, 1.82) is 0 Å². The van der Waals surface area contributed by atoms with Gasteiger partial charge in [-0.2, -0.15) is 0 Å². The first-order valence-electron chi connectivity index (χ1n) is 12.4. The lowest BCUT2D eigenvalue weighted by Crippen LogP contribution is -2.40. The Labute approximate surface area is 334 Å². The highest BCUT2D eigenvalue weighted by atomic mass is 127. The molecule has 13 nitrogen and oxygen atoms in total. The molecule has 44 heavy (non-hydrogen) atoms. The van der Waals surface area contributed by atoms with E-state index in [0.717, 1.165) is 9.80 Å². The zero-order valence-corrected chi connectivity index (χ0v) is 35.5. The fourth-order valence-electron chi connectivity index (χ4n) is 4.21. The maximum Gasteiger partial charge on any atom is 0.260 e. The molecule has 0 saturated carbocycles. The average Bonchev–Trinajstić information content (AvgIpc) is 2.99. The van der Waals surface area contributed by atoms with Crippen LogP contribution in [0.1, 0.15) is 21.5 Å². The van der Waals surface area contributed by atoms with Crippen molar-refractivity contribution in [1.82, 2.24) is 0 Å². The summed E-state index contributed by atoms with van der Waals surface area (Å²) >= 11 is 11.6. The van der Waals surface area contributed by atoms with E-state index in [9.17, 15) is 50.1 Å². The number of hydrogen-bond acceptors (Lipinski definition) is 10. The van der Waals surface area contributed by atoms with Crippen molar-refractivity contribution >= 4 is 170 Å². The summed E-state index contributed by atoms with van der Waals surface area (Å²) in [5.74, 6) is -2.10. The molecule has 244 valence electrons. The first-order chi connectivity index (χ1) is 20.8. The number of aliphatic hydroxyl groups is 7. The summed E-state index contributed by atoms with van der Waals surface area (Å²) in [5.41, 5.74) is 1.47. The second-order valence-electron chi connectivity index (χ2n) is 8.61. The van der Waals surface area contributed by atoms with E-state index in [-0.39, 0.29) is 45.8 Å². The van der Waals surface area contributed by atoms with Gasteiger partial charge in [0, 0.05) is 45.0 Å². The number of aliphatic hydroxyl groups excluding tert-OH is 7. The normalized spacial score (nSPS) is 11.1. The van der Waals surface area contributed by atoms with Crippen LogP contribution in [0.4, 0.5) is 17.1 Å². The Kier molecular flexibility index (Phi) is 18.0. The Bertz CT molecular complexity index is 1410. The molecule has 0 fully saturated rings. The van der Waals surface area contributed by atoms with Crippen molar-refractivity contribution in [2.75, 3.05) is 67.4 Å². The third-order valence-corrected chi connectivity index (χ3v) is 12.9. The summed E-state index contributed by atoms with van der Waals surface area (Å²) in [6.07, 6.45) is 0. The molecule has 0 spiro atoms. The first-order valence-corrected chi connectivity index (χ1v) is 18.9. The van der Waals surface area contributed by atoms with E-state index in [1.807, 2.05) is 136 Å². The van der Waals surface area contributed by atoms with Gasteiger partial charge in [0.25, 0.3) is 17.7 Å². The van der Waals surface area contributed by atoms with Crippen LogP contribution in [0.2, 0.25) is 0 Å². The number of halogens is 6. The molecule has 3 amide bonds. The maximum atomic E-state index is 14.6. The molecule has 2 aromatic carbocycles. The number of hydrogen-bond donors (Lipinski definition) is 7. The Hall–Kier alpha value is 0.950. The minimum atomic E-state index is -0.866. The van der Waals surface area contributed by atoms with Gasteiger partial charge in [-0.1, -0.05) is 0 Å². The predicted molar refractivity (Wildman–Crippen MR) is 213 cm³/mol. The minimum absolute atomic E-state index is 0.0729. The largest absolute Gasteiger partial charge is 0.395 e. The Morgan fingerprint density at radius 2 is 0.818 bits per heavy atom. The van der Waals surface area contributed by atoms with Gasteiger partial charge >= 0.3 is 0 Å². The molecule has 2 rings (SSSR count). The van der Waals surface area contributed by atoms with Crippen LogP contribution in [0.15, 0.2) is 0 Å². The SMILES string of the molecule is O=C(CO)N(CCO)c1c(I)c(CO)c(I)c(C(=O)N(CCO)c2c(I)c(CO)c(I)c(N(CCO)C(=O)CO)c2I)c1I. The molecule has 0 bridgehead atoms. The van der Waals surface area contributed by atoms with Gasteiger partial charge in [-0.05, 0) is 136 Å². The van der Waals surface area contributed by atoms with Gasteiger partial charge in [-0.25, -0.2) is 0 Å². The molecule has 0 heterocycles. The fraction of sp³-hybridized carbons (Fsp3) is 0.400. The molecule has 0 aliphatic heterocycles. The monoisotopic (exact) mass is 1290 g/mol. The van der Waals surface area contributed by atoms with Crippen LogP contribution >= 0.6 is 136 Å². The van der Waals surface area contributed by atoms with Gasteiger partial charge in [-0.3, -0.25) is 14.4 Å². The van der Waals surface area contributed by atoms with E-state index in [1.165, 1.54) is 4.90 Å². The molecule has 0 radical (unpaired) electrons. The second-order valence-corrected chi connectivity index (χ2v) is 15.1. The third kappa shape index (κ3) is 8.56. The summed E-state index contributed by atoms with van der Waals surface area (Å²) in [6.45, 7) is -4.68. The van der Waals surface area contributed by atoms with Gasteiger partial charge in [0.05, 0.1) is 62.8 Å². The smallest absolute Gasteiger partial charge is 0.260 e. The molecule has 0 unspecified atom stereocenters. The molecular formula is C25H27I6N3O10. The number of rotatable bonds is 14. The lowest BCUT2D eigenvalue weighted by atomic mass is 10.1. The van der Waals surface area contributed by atoms with Gasteiger partial charge < -0.3 is 50.4 Å². The minimum Gasteiger partial charge on any atom is -0.395 e. The van der Waals surface area contributed by atoms with E-state index in [1.54, 1.807) is 0 Å². The maximum absolute atomic E-state index is 14.6. The van der Waals surface area contributed by atoms with Gasteiger partial charge in [0.15, 0.2) is 0 Å². The molecule has 7 N–H and O–H groups in total. The number of carbonyl (C=O) groups excluding carboxylic acids is 3. The highest BCUT2D eigenvalue weighted by molar-refractivity contribution is 14.1. The highest BCUT2D eigenvalue weighted by Gasteiger charge is 2.35. The van der Waals surface area contributed by atoms with Crippen LogP contribution in [-0.4, -0.2) is 106 Å². The summed E-state index contributed by atoms with van der Waals surface area (Å²) in [7, 11) is 0. The standard InChI is InChI=1S/C25H27I6N3O10/c26-16-11(7-38)17(27)22(32(1-4-35)13(42)9-40)20(30)15(16)25(44)34(3-6-37)24-19(29)12(8-39)18(28)23(21(24)31)33(2-5-36)14(43)10-41/h35-41H,1-10H2. The van der Waals surface area contributed by atoms with Crippen LogP contribution in [0.25, 0.3) is 0 Å². The van der Waals surface area contributed by atoms with E-state index in [4.69, 9.17) is 0 Å². The van der Waals surface area contributed by atoms with Crippen molar-refractivity contribution in [2.24, 2.45) is 0 Å². The van der Waals surface area contributed by atoms with Gasteiger partial charge in [-0.15, -0.1) is 0 Å². The summed E-state index contributed by atoms with van der Waals surface area (Å²) < 4.78 is 2.35. The lowest BCUT2D eigenvalue weighted by molar-refractivity contribution is -0.122. The van der Waals surface area contributed by atoms with Crippen molar-refractivity contribution in [2.45, 2.75) is 13.2 Å². The number of carbonyl (C=O) groups is 3. The van der Waals surface area contributed by atoms with Crippen LogP contribution in [0.5, 0.6) is 0 Å². The van der Waals surface area contributed by atoms with E-state index in [0.29, 0.717) is 29.0 Å². The number of nitrogens with zero attached hydrogens (tertiary/aromatic N) is 3. The highest BCUT2D eigenvalue weighted by Crippen LogP contribution is 2.44. The number of amides is 3. The Morgan fingerprint density at radius 1 is 0.477 bits per heavy atom. The van der Waals surface area contributed by atoms with Crippen molar-refractivity contribution in [3.05, 3.63) is 38.1 Å². The molecule has 0 saturated heterocycles. The van der Waals surface area contributed by atoms with Crippen LogP contribution < -0.4 is 14.7 Å². The zero-order valence-electron chi connectivity index (χ0n) is 22.5. The second kappa shape index (κ2) is 19.2. The van der Waals surface area contributed by atoms with Crippen LogP contribution in [0.3, 0.4) is 0 Å². The molecule has 0 aliphatic rings. The van der Waals surface area contributed by atoms with Crippen molar-refractivity contribution in [3.8, 4) is 0 Å². The predicted octanol–water partition coefficient (Wildman–Crippen LogP) is 1.57. The van der Waals surface area contributed by atoms with Gasteiger partial charge in [0.2, 0.25) is 0 Å². The number of anilines is 3. The molecule has 0 atom stereocenters. The Morgan fingerprint density at radius 3 is 1.18 bits per heavy atom. The first kappa shape index (κ1) is 41.1. The van der Waals surface area contributed by atoms with E-state index in [2.05, 4.69) is 0 Å².